The van der Waals surface area contributed by atoms with E-state index in [-0.39, 0.29) is 25.1 Å². The maximum Gasteiger partial charge on any atom is 0.308 e. The number of phenols is 1. The van der Waals surface area contributed by atoms with Gasteiger partial charge in [0.05, 0.1) is 36.4 Å². The molecule has 0 spiro atoms. The number of esters is 1. The van der Waals surface area contributed by atoms with Gasteiger partial charge in [-0.2, -0.15) is 5.26 Å². The van der Waals surface area contributed by atoms with Gasteiger partial charge in [0.2, 0.25) is 6.79 Å². The second-order valence-corrected chi connectivity index (χ2v) is 13.1. The van der Waals surface area contributed by atoms with Crippen molar-refractivity contribution in [2.24, 2.45) is 0 Å². The average Bonchev–Trinajstić information content (AvgIpc) is 3.64. The molecule has 12 nitrogen and oxygen atoms in total. The molecular formula is C36H34N4O8. The summed E-state index contributed by atoms with van der Waals surface area (Å²) in [5.41, 5.74) is 4.94. The minimum absolute atomic E-state index is 0.0444. The number of carbonyl (C=O) groups is 3. The number of aromatic hydroxyl groups is 1. The van der Waals surface area contributed by atoms with Crippen molar-refractivity contribution in [1.82, 2.24) is 14.7 Å². The van der Waals surface area contributed by atoms with E-state index in [1.807, 2.05) is 20.0 Å². The maximum absolute atomic E-state index is 13.8. The molecule has 48 heavy (non-hydrogen) atoms. The monoisotopic (exact) mass is 650 g/mol. The van der Waals surface area contributed by atoms with Crippen molar-refractivity contribution < 1.29 is 38.4 Å². The molecule has 5 atom stereocenters. The first-order chi connectivity index (χ1) is 23.1. The fourth-order valence-corrected chi connectivity index (χ4v) is 8.87. The number of phenolic OH excluding ortho intramolecular Hbond substituents is 1. The van der Waals surface area contributed by atoms with Crippen LogP contribution in [0.1, 0.15) is 73.1 Å². The molecule has 5 unspecified atom stereocenters. The van der Waals surface area contributed by atoms with Gasteiger partial charge in [-0.3, -0.25) is 29.1 Å². The van der Waals surface area contributed by atoms with Crippen LogP contribution in [0.3, 0.4) is 0 Å². The van der Waals surface area contributed by atoms with Crippen molar-refractivity contribution in [3.05, 3.63) is 74.8 Å². The molecule has 2 bridgehead atoms. The molecule has 0 radical (unpaired) electrons. The van der Waals surface area contributed by atoms with E-state index in [0.29, 0.717) is 69.2 Å². The van der Waals surface area contributed by atoms with Crippen molar-refractivity contribution in [3.8, 4) is 34.8 Å². The molecular weight excluding hydrogens is 616 g/mol. The zero-order valence-corrected chi connectivity index (χ0v) is 27.2. The first kappa shape index (κ1) is 30.2. The van der Waals surface area contributed by atoms with E-state index in [2.05, 4.69) is 15.9 Å². The summed E-state index contributed by atoms with van der Waals surface area (Å²) in [5, 5.41) is 22.6. The molecule has 8 rings (SSSR count). The molecule has 246 valence electrons. The van der Waals surface area contributed by atoms with E-state index >= 15 is 0 Å². The molecule has 3 aromatic rings. The maximum atomic E-state index is 13.8. The highest BCUT2D eigenvalue weighted by atomic mass is 16.7. The number of fused-ring (bicyclic) bond motifs is 10. The van der Waals surface area contributed by atoms with E-state index in [0.717, 1.165) is 11.1 Å². The van der Waals surface area contributed by atoms with E-state index in [1.165, 1.54) is 18.9 Å². The summed E-state index contributed by atoms with van der Waals surface area (Å²) in [6.45, 7) is 4.86. The van der Waals surface area contributed by atoms with Crippen LogP contribution in [0.4, 0.5) is 0 Å². The summed E-state index contributed by atoms with van der Waals surface area (Å²) in [7, 11) is 3.48. The highest BCUT2D eigenvalue weighted by molar-refractivity contribution is 6.21. The summed E-state index contributed by atoms with van der Waals surface area (Å²) in [4.78, 5) is 45.6. The third-order valence-electron chi connectivity index (χ3n) is 10.7. The number of methoxy groups -OCH3 is 1. The number of rotatable bonds is 4. The van der Waals surface area contributed by atoms with Crippen LogP contribution >= 0.6 is 0 Å². The van der Waals surface area contributed by atoms with Crippen molar-refractivity contribution >= 4 is 17.8 Å². The van der Waals surface area contributed by atoms with Crippen LogP contribution in [-0.4, -0.2) is 83.2 Å². The fraction of sp³-hybridized carbons (Fsp3) is 0.389. The lowest BCUT2D eigenvalue weighted by Crippen LogP contribution is -2.68. The molecule has 0 aliphatic carbocycles. The number of amides is 2. The molecule has 5 aliphatic rings. The van der Waals surface area contributed by atoms with E-state index in [1.54, 1.807) is 31.2 Å². The van der Waals surface area contributed by atoms with Crippen molar-refractivity contribution in [1.29, 1.82) is 5.26 Å². The van der Waals surface area contributed by atoms with Gasteiger partial charge in [-0.05, 0) is 57.0 Å². The number of hydrogen-bond acceptors (Lipinski definition) is 11. The van der Waals surface area contributed by atoms with Crippen molar-refractivity contribution in [2.75, 3.05) is 27.5 Å². The second-order valence-electron chi connectivity index (χ2n) is 13.1. The Morgan fingerprint density at radius 1 is 1.04 bits per heavy atom. The molecule has 1 fully saturated rings. The van der Waals surface area contributed by atoms with Crippen LogP contribution in [-0.2, 0) is 17.6 Å². The van der Waals surface area contributed by atoms with Crippen LogP contribution in [0.5, 0.6) is 28.7 Å². The lowest BCUT2D eigenvalue weighted by molar-refractivity contribution is -0.132. The van der Waals surface area contributed by atoms with Gasteiger partial charge >= 0.3 is 5.97 Å². The number of benzene rings is 3. The Morgan fingerprint density at radius 2 is 1.73 bits per heavy atom. The van der Waals surface area contributed by atoms with Crippen LogP contribution < -0.4 is 18.9 Å². The third kappa shape index (κ3) is 3.98. The normalized spacial score (nSPS) is 25.2. The first-order valence-corrected chi connectivity index (χ1v) is 15.9. The quantitative estimate of drug-likeness (QED) is 0.251. The van der Waals surface area contributed by atoms with Gasteiger partial charge in [0.15, 0.2) is 23.0 Å². The van der Waals surface area contributed by atoms with Gasteiger partial charge in [-0.25, -0.2) is 0 Å². The van der Waals surface area contributed by atoms with E-state index in [9.17, 15) is 24.8 Å². The highest BCUT2D eigenvalue weighted by Crippen LogP contribution is 2.58. The Hall–Kier alpha value is -5.12. The van der Waals surface area contributed by atoms with Gasteiger partial charge in [-0.1, -0.05) is 18.2 Å². The SMILES string of the molecule is COc1c(C)cc2c(c1O)C1C3Cc4c(OC(C)=O)c(C)c5c(c4C(CN4C(=O)c6ccccc6C4=O)N3C(C#N)C(C2)N1C)OCO5. The molecule has 1 saturated heterocycles. The molecule has 12 heteroatoms. The summed E-state index contributed by atoms with van der Waals surface area (Å²) in [6, 6.07) is 8.71. The number of piperazine rings is 1. The number of hydrogen-bond donors (Lipinski definition) is 1. The lowest BCUT2D eigenvalue weighted by atomic mass is 9.71. The molecule has 0 aromatic heterocycles. The minimum Gasteiger partial charge on any atom is -0.504 e. The number of nitriles is 1. The second kappa shape index (κ2) is 10.7. The number of aryl methyl sites for hydroxylation is 1. The summed E-state index contributed by atoms with van der Waals surface area (Å²) in [6.07, 6.45) is 0.794. The topological polar surface area (TPSA) is 142 Å². The molecule has 0 saturated carbocycles. The molecule has 3 aromatic carbocycles. The minimum atomic E-state index is -0.745. The largest absolute Gasteiger partial charge is 0.504 e. The molecule has 5 aliphatic heterocycles. The first-order valence-electron chi connectivity index (χ1n) is 15.9. The molecule has 2 amide bonds. The van der Waals surface area contributed by atoms with Gasteiger partial charge in [0.25, 0.3) is 11.8 Å². The van der Waals surface area contributed by atoms with Gasteiger partial charge in [-0.15, -0.1) is 0 Å². The summed E-state index contributed by atoms with van der Waals surface area (Å²) < 4.78 is 23.6. The smallest absolute Gasteiger partial charge is 0.308 e. The number of ether oxygens (including phenoxy) is 4. The summed E-state index contributed by atoms with van der Waals surface area (Å²) in [5.74, 6) is 0.250. The predicted molar refractivity (Wildman–Crippen MR) is 169 cm³/mol. The Bertz CT molecular complexity index is 1970. The number of imide groups is 1. The Balaban J connectivity index is 1.38. The van der Waals surface area contributed by atoms with Crippen molar-refractivity contribution in [2.45, 2.75) is 63.8 Å². The van der Waals surface area contributed by atoms with Crippen LogP contribution in [0.25, 0.3) is 0 Å². The molecule has 5 heterocycles. The van der Waals surface area contributed by atoms with Crippen molar-refractivity contribution in [3.63, 3.8) is 0 Å². The van der Waals surface area contributed by atoms with E-state index < -0.39 is 42.0 Å². The number of carbonyl (C=O) groups excluding carboxylic acids is 3. The van der Waals surface area contributed by atoms with Gasteiger partial charge < -0.3 is 24.1 Å². The summed E-state index contributed by atoms with van der Waals surface area (Å²) >= 11 is 0. The van der Waals surface area contributed by atoms with Gasteiger partial charge in [0.1, 0.15) is 11.8 Å². The highest BCUT2D eigenvalue weighted by Gasteiger charge is 2.57. The Morgan fingerprint density at radius 3 is 2.38 bits per heavy atom. The Kier molecular flexibility index (Phi) is 6.74. The zero-order chi connectivity index (χ0) is 33.8. The zero-order valence-electron chi connectivity index (χ0n) is 27.2. The van der Waals surface area contributed by atoms with Crippen LogP contribution in [0.2, 0.25) is 0 Å². The third-order valence-corrected chi connectivity index (χ3v) is 10.7. The van der Waals surface area contributed by atoms with Crippen LogP contribution in [0, 0.1) is 25.2 Å². The predicted octanol–water partition coefficient (Wildman–Crippen LogP) is 3.74. The standard InChI is InChI=1S/C36H34N4O8/c1-16-10-19-11-23-25(13-37)40-24(29(38(23)4)27(19)30(42)31(16)45-5)12-22-28(34-33(46-15-47-34)17(2)32(22)48-18(3)41)26(40)14-39-35(43)20-8-6-7-9-21(20)36(39)44/h6-10,23-26,29,42H,11-12,14-15H2,1-5H3. The lowest BCUT2D eigenvalue weighted by Gasteiger charge is -2.60. The van der Waals surface area contributed by atoms with Crippen LogP contribution in [0.15, 0.2) is 30.3 Å². The Labute approximate surface area is 276 Å². The number of likely N-dealkylation sites (N-methyl/N-ethyl adjacent to an activating group) is 1. The van der Waals surface area contributed by atoms with Gasteiger partial charge in [0, 0.05) is 47.8 Å². The van der Waals surface area contributed by atoms with E-state index in [4.69, 9.17) is 18.9 Å². The average molecular weight is 651 g/mol. The molecule has 1 N–H and O–H groups in total. The number of nitrogens with zero attached hydrogens (tertiary/aromatic N) is 4. The fourth-order valence-electron chi connectivity index (χ4n) is 8.87.